The normalized spacial score (nSPS) is 11.8. The minimum absolute atomic E-state index is 0.0665. The van der Waals surface area contributed by atoms with Crippen LogP contribution in [-0.4, -0.2) is 23.0 Å². The predicted octanol–water partition coefficient (Wildman–Crippen LogP) is 3.10. The van der Waals surface area contributed by atoms with Gasteiger partial charge in [0.15, 0.2) is 11.6 Å². The maximum Gasteiger partial charge on any atom is 0.303 e. The van der Waals surface area contributed by atoms with Crippen LogP contribution in [0, 0.1) is 11.6 Å². The van der Waals surface area contributed by atoms with E-state index in [4.69, 9.17) is 5.11 Å². The molecule has 0 fully saturated rings. The summed E-state index contributed by atoms with van der Waals surface area (Å²) in [6.07, 6.45) is 0.615. The Morgan fingerprint density at radius 1 is 1.00 bits per heavy atom. The van der Waals surface area contributed by atoms with Gasteiger partial charge in [-0.05, 0) is 36.1 Å². The predicted molar refractivity (Wildman–Crippen MR) is 89.0 cm³/mol. The number of carboxylic acid groups (broad SMARTS) is 1. The number of hydrogen-bond acceptors (Lipinski definition) is 2. The number of carbonyl (C=O) groups excluding carboxylic acids is 1. The summed E-state index contributed by atoms with van der Waals surface area (Å²) in [5.41, 5.74) is 1.33. The third-order valence-corrected chi connectivity index (χ3v) is 3.75. The number of aliphatic carboxylic acids is 1. The van der Waals surface area contributed by atoms with Crippen molar-refractivity contribution in [1.29, 1.82) is 0 Å². The number of amides is 1. The van der Waals surface area contributed by atoms with Gasteiger partial charge in [0.1, 0.15) is 0 Å². The monoisotopic (exact) mass is 347 g/mol. The van der Waals surface area contributed by atoms with Crippen LogP contribution in [0.5, 0.6) is 0 Å². The van der Waals surface area contributed by atoms with Gasteiger partial charge in [-0.25, -0.2) is 8.78 Å². The first-order chi connectivity index (χ1) is 11.9. The van der Waals surface area contributed by atoms with Crippen molar-refractivity contribution >= 4 is 11.9 Å². The fourth-order valence-electron chi connectivity index (χ4n) is 2.54. The number of nitrogens with one attached hydrogen (secondary N) is 1. The lowest BCUT2D eigenvalue weighted by molar-refractivity contribution is -0.137. The first-order valence-corrected chi connectivity index (χ1v) is 7.93. The number of benzene rings is 2. The van der Waals surface area contributed by atoms with Crippen LogP contribution < -0.4 is 5.32 Å². The van der Waals surface area contributed by atoms with Crippen LogP contribution in [-0.2, 0) is 22.4 Å². The SMILES string of the molecule is O=C(O)CCC(Cc1ccccc1)NC(=O)Cc1ccc(F)c(F)c1. The van der Waals surface area contributed by atoms with Crippen LogP contribution >= 0.6 is 0 Å². The Morgan fingerprint density at radius 3 is 2.36 bits per heavy atom. The average Bonchev–Trinajstić information content (AvgIpc) is 2.57. The Balaban J connectivity index is 1.99. The van der Waals surface area contributed by atoms with Crippen molar-refractivity contribution in [2.45, 2.75) is 31.7 Å². The fourth-order valence-corrected chi connectivity index (χ4v) is 2.54. The number of halogens is 2. The molecular weight excluding hydrogens is 328 g/mol. The Bertz CT molecular complexity index is 735. The molecule has 0 heterocycles. The molecule has 25 heavy (non-hydrogen) atoms. The van der Waals surface area contributed by atoms with E-state index in [1.165, 1.54) is 6.07 Å². The molecule has 4 nitrogen and oxygen atoms in total. The lowest BCUT2D eigenvalue weighted by Crippen LogP contribution is -2.37. The largest absolute Gasteiger partial charge is 0.481 e. The molecule has 132 valence electrons. The Morgan fingerprint density at radius 2 is 1.72 bits per heavy atom. The molecule has 0 spiro atoms. The first-order valence-electron chi connectivity index (χ1n) is 7.93. The molecular formula is C19H19F2NO3. The van der Waals surface area contributed by atoms with Gasteiger partial charge in [-0.1, -0.05) is 36.4 Å². The molecule has 2 aromatic rings. The second-order valence-electron chi connectivity index (χ2n) is 5.81. The van der Waals surface area contributed by atoms with E-state index in [0.717, 1.165) is 17.7 Å². The van der Waals surface area contributed by atoms with E-state index in [2.05, 4.69) is 5.32 Å². The zero-order valence-corrected chi connectivity index (χ0v) is 13.5. The van der Waals surface area contributed by atoms with Crippen LogP contribution in [0.25, 0.3) is 0 Å². The topological polar surface area (TPSA) is 66.4 Å². The van der Waals surface area contributed by atoms with E-state index in [0.29, 0.717) is 12.0 Å². The lowest BCUT2D eigenvalue weighted by Gasteiger charge is -2.18. The first kappa shape index (κ1) is 18.6. The Labute approximate surface area is 144 Å². The van der Waals surface area contributed by atoms with Crippen molar-refractivity contribution in [1.82, 2.24) is 5.32 Å². The molecule has 1 amide bonds. The standard InChI is InChI=1S/C19H19F2NO3/c20-16-8-6-14(11-17(16)21)12-18(23)22-15(7-9-19(24)25)10-13-4-2-1-3-5-13/h1-6,8,11,15H,7,9-10,12H2,(H,22,23)(H,24,25). The summed E-state index contributed by atoms with van der Waals surface area (Å²) >= 11 is 0. The maximum atomic E-state index is 13.2. The van der Waals surface area contributed by atoms with Gasteiger partial charge in [0.05, 0.1) is 6.42 Å². The fraction of sp³-hybridized carbons (Fsp3) is 0.263. The minimum atomic E-state index is -1.00. The van der Waals surface area contributed by atoms with E-state index >= 15 is 0 Å². The van der Waals surface area contributed by atoms with Crippen molar-refractivity contribution in [2.75, 3.05) is 0 Å². The van der Waals surface area contributed by atoms with E-state index in [9.17, 15) is 18.4 Å². The zero-order chi connectivity index (χ0) is 18.2. The number of hydrogen-bond donors (Lipinski definition) is 2. The highest BCUT2D eigenvalue weighted by atomic mass is 19.2. The molecule has 0 aliphatic heterocycles. The zero-order valence-electron chi connectivity index (χ0n) is 13.5. The number of carboxylic acids is 1. The molecule has 1 atom stereocenters. The van der Waals surface area contributed by atoms with E-state index < -0.39 is 17.6 Å². The quantitative estimate of drug-likeness (QED) is 0.771. The minimum Gasteiger partial charge on any atom is -0.481 e. The summed E-state index contributed by atoms with van der Waals surface area (Å²) < 4.78 is 26.2. The summed E-state index contributed by atoms with van der Waals surface area (Å²) in [5.74, 6) is -3.27. The molecule has 1 unspecified atom stereocenters. The second kappa shape index (κ2) is 8.92. The average molecular weight is 347 g/mol. The Hall–Kier alpha value is -2.76. The molecule has 2 N–H and O–H groups in total. The highest BCUT2D eigenvalue weighted by Gasteiger charge is 2.15. The van der Waals surface area contributed by atoms with Crippen LogP contribution in [0.3, 0.4) is 0 Å². The van der Waals surface area contributed by atoms with Gasteiger partial charge in [0.2, 0.25) is 5.91 Å². The number of rotatable bonds is 8. The Kier molecular flexibility index (Phi) is 6.62. The van der Waals surface area contributed by atoms with Crippen molar-refractivity contribution in [3.63, 3.8) is 0 Å². The molecule has 0 saturated carbocycles. The molecule has 6 heteroatoms. The van der Waals surface area contributed by atoms with Crippen molar-refractivity contribution in [3.8, 4) is 0 Å². The third-order valence-electron chi connectivity index (χ3n) is 3.75. The lowest BCUT2D eigenvalue weighted by atomic mass is 10.0. The molecule has 0 aromatic heterocycles. The van der Waals surface area contributed by atoms with Gasteiger partial charge < -0.3 is 10.4 Å². The van der Waals surface area contributed by atoms with Gasteiger partial charge in [0, 0.05) is 12.5 Å². The van der Waals surface area contributed by atoms with Crippen molar-refractivity contribution in [2.24, 2.45) is 0 Å². The summed E-state index contributed by atoms with van der Waals surface area (Å²) in [4.78, 5) is 23.0. The van der Waals surface area contributed by atoms with Crippen molar-refractivity contribution < 1.29 is 23.5 Å². The van der Waals surface area contributed by atoms with Crippen molar-refractivity contribution in [3.05, 3.63) is 71.3 Å². The maximum absolute atomic E-state index is 13.2. The summed E-state index contributed by atoms with van der Waals surface area (Å²) in [6, 6.07) is 12.4. The summed E-state index contributed by atoms with van der Waals surface area (Å²) in [5, 5.41) is 11.6. The van der Waals surface area contributed by atoms with Crippen LogP contribution in [0.2, 0.25) is 0 Å². The van der Waals surface area contributed by atoms with E-state index in [-0.39, 0.29) is 31.2 Å². The third kappa shape index (κ3) is 6.33. The molecule has 0 aliphatic rings. The molecule has 0 bridgehead atoms. The van der Waals surface area contributed by atoms with Crippen LogP contribution in [0.1, 0.15) is 24.0 Å². The number of carbonyl (C=O) groups is 2. The molecule has 2 rings (SSSR count). The van der Waals surface area contributed by atoms with Gasteiger partial charge in [-0.15, -0.1) is 0 Å². The van der Waals surface area contributed by atoms with Gasteiger partial charge in [-0.3, -0.25) is 9.59 Å². The molecule has 0 aliphatic carbocycles. The highest BCUT2D eigenvalue weighted by Crippen LogP contribution is 2.11. The van der Waals surface area contributed by atoms with Crippen LogP contribution in [0.4, 0.5) is 8.78 Å². The summed E-state index contributed by atoms with van der Waals surface area (Å²) in [7, 11) is 0. The smallest absolute Gasteiger partial charge is 0.303 e. The molecule has 2 aromatic carbocycles. The second-order valence-corrected chi connectivity index (χ2v) is 5.81. The van der Waals surface area contributed by atoms with Gasteiger partial charge in [-0.2, -0.15) is 0 Å². The molecule has 0 saturated heterocycles. The highest BCUT2D eigenvalue weighted by molar-refractivity contribution is 5.79. The van der Waals surface area contributed by atoms with Gasteiger partial charge >= 0.3 is 5.97 Å². The summed E-state index contributed by atoms with van der Waals surface area (Å²) in [6.45, 7) is 0. The van der Waals surface area contributed by atoms with E-state index in [1.807, 2.05) is 30.3 Å². The van der Waals surface area contributed by atoms with Crippen LogP contribution in [0.15, 0.2) is 48.5 Å². The van der Waals surface area contributed by atoms with Gasteiger partial charge in [0.25, 0.3) is 0 Å². The van der Waals surface area contributed by atoms with E-state index in [1.54, 1.807) is 0 Å². The molecule has 0 radical (unpaired) electrons.